The van der Waals surface area contributed by atoms with Gasteiger partial charge in [0.05, 0.1) is 17.4 Å². The maximum atomic E-state index is 13.3. The van der Waals surface area contributed by atoms with Gasteiger partial charge >= 0.3 is 0 Å². The fraction of sp³-hybridized carbons (Fsp3) is 0.167. The van der Waals surface area contributed by atoms with Gasteiger partial charge in [0.15, 0.2) is 5.16 Å². The number of rotatable bonds is 7. The Labute approximate surface area is 173 Å². The summed E-state index contributed by atoms with van der Waals surface area (Å²) in [7, 11) is 0. The van der Waals surface area contributed by atoms with Crippen molar-refractivity contribution in [1.29, 1.82) is 0 Å². The van der Waals surface area contributed by atoms with Crippen molar-refractivity contribution in [2.75, 3.05) is 5.75 Å². The van der Waals surface area contributed by atoms with Gasteiger partial charge in [-0.3, -0.25) is 9.36 Å². The summed E-state index contributed by atoms with van der Waals surface area (Å²) in [5, 5.41) is 1.30. The first-order valence-electron chi connectivity index (χ1n) is 9.61. The number of halogens is 1. The van der Waals surface area contributed by atoms with Crippen molar-refractivity contribution in [3.05, 3.63) is 106 Å². The van der Waals surface area contributed by atoms with Gasteiger partial charge in [0.2, 0.25) is 0 Å². The molecule has 0 amide bonds. The number of nitrogens with zero attached hydrogens (tertiary/aromatic N) is 2. The van der Waals surface area contributed by atoms with Crippen molar-refractivity contribution in [1.82, 2.24) is 9.55 Å². The maximum Gasteiger partial charge on any atom is 0.262 e. The van der Waals surface area contributed by atoms with Crippen molar-refractivity contribution >= 4 is 22.7 Å². The SMILES string of the molecule is O=c1c2ccccc2nc(SCCCc2ccccc2)n1Cc1ccc(F)cc1. The highest BCUT2D eigenvalue weighted by molar-refractivity contribution is 7.99. The van der Waals surface area contributed by atoms with E-state index in [1.165, 1.54) is 17.7 Å². The molecule has 4 aromatic rings. The van der Waals surface area contributed by atoms with Crippen molar-refractivity contribution < 1.29 is 4.39 Å². The molecule has 4 rings (SSSR count). The van der Waals surface area contributed by atoms with E-state index in [1.54, 1.807) is 34.5 Å². The van der Waals surface area contributed by atoms with Gasteiger partial charge in [-0.05, 0) is 48.2 Å². The van der Waals surface area contributed by atoms with Gasteiger partial charge < -0.3 is 0 Å². The van der Waals surface area contributed by atoms with Crippen molar-refractivity contribution in [2.24, 2.45) is 0 Å². The summed E-state index contributed by atoms with van der Waals surface area (Å²) in [4.78, 5) is 17.9. The summed E-state index contributed by atoms with van der Waals surface area (Å²) in [6.45, 7) is 0.373. The minimum atomic E-state index is -0.284. The van der Waals surface area contributed by atoms with Crippen LogP contribution in [0, 0.1) is 5.82 Å². The van der Waals surface area contributed by atoms with Crippen LogP contribution >= 0.6 is 11.8 Å². The van der Waals surface area contributed by atoms with Gasteiger partial charge in [0, 0.05) is 5.75 Å². The smallest absolute Gasteiger partial charge is 0.262 e. The van der Waals surface area contributed by atoms with E-state index in [0.717, 1.165) is 24.2 Å². The molecule has 0 saturated heterocycles. The van der Waals surface area contributed by atoms with Gasteiger partial charge in [-0.2, -0.15) is 0 Å². The van der Waals surface area contributed by atoms with Crippen molar-refractivity contribution in [3.8, 4) is 0 Å². The summed E-state index contributed by atoms with van der Waals surface area (Å²) >= 11 is 1.60. The summed E-state index contributed by atoms with van der Waals surface area (Å²) < 4.78 is 14.9. The van der Waals surface area contributed by atoms with Crippen molar-refractivity contribution in [2.45, 2.75) is 24.5 Å². The number of benzene rings is 3. The zero-order valence-corrected chi connectivity index (χ0v) is 16.7. The molecular weight excluding hydrogens is 383 g/mol. The largest absolute Gasteiger partial charge is 0.283 e. The molecule has 0 saturated carbocycles. The summed E-state index contributed by atoms with van der Waals surface area (Å²) in [5.41, 5.74) is 2.82. The molecule has 0 bridgehead atoms. The van der Waals surface area contributed by atoms with Crippen LogP contribution in [-0.2, 0) is 13.0 Å². The van der Waals surface area contributed by atoms with E-state index < -0.39 is 0 Å². The molecule has 29 heavy (non-hydrogen) atoms. The van der Waals surface area contributed by atoms with Crippen LogP contribution in [0.2, 0.25) is 0 Å². The van der Waals surface area contributed by atoms with Gasteiger partial charge in [-0.1, -0.05) is 66.4 Å². The molecule has 5 heteroatoms. The first-order valence-corrected chi connectivity index (χ1v) is 10.6. The lowest BCUT2D eigenvalue weighted by Crippen LogP contribution is -2.24. The molecule has 0 atom stereocenters. The van der Waals surface area contributed by atoms with E-state index in [-0.39, 0.29) is 11.4 Å². The van der Waals surface area contributed by atoms with Crippen molar-refractivity contribution in [3.63, 3.8) is 0 Å². The van der Waals surface area contributed by atoms with Gasteiger partial charge in [-0.25, -0.2) is 9.37 Å². The molecule has 0 aliphatic heterocycles. The second-order valence-electron chi connectivity index (χ2n) is 6.87. The van der Waals surface area contributed by atoms with Crippen LogP contribution in [0.3, 0.4) is 0 Å². The average molecular weight is 405 g/mol. The maximum absolute atomic E-state index is 13.3. The minimum Gasteiger partial charge on any atom is -0.283 e. The molecule has 0 N–H and O–H groups in total. The molecule has 0 unspecified atom stereocenters. The molecular formula is C24H21FN2OS. The lowest BCUT2D eigenvalue weighted by molar-refractivity contribution is 0.622. The number of fused-ring (bicyclic) bond motifs is 1. The van der Waals surface area contributed by atoms with E-state index in [2.05, 4.69) is 12.1 Å². The Hall–Kier alpha value is -2.92. The number of thioether (sulfide) groups is 1. The quantitative estimate of drug-likeness (QED) is 0.238. The van der Waals surface area contributed by atoms with E-state index in [0.29, 0.717) is 22.6 Å². The van der Waals surface area contributed by atoms with Crippen LogP contribution in [0.25, 0.3) is 10.9 Å². The van der Waals surface area contributed by atoms with Crippen LogP contribution in [-0.4, -0.2) is 15.3 Å². The Morgan fingerprint density at radius 3 is 2.38 bits per heavy atom. The monoisotopic (exact) mass is 404 g/mol. The highest BCUT2D eigenvalue weighted by Gasteiger charge is 2.12. The molecule has 0 radical (unpaired) electrons. The number of hydrogen-bond donors (Lipinski definition) is 0. The lowest BCUT2D eigenvalue weighted by Gasteiger charge is -2.13. The normalized spacial score (nSPS) is 11.1. The standard InChI is InChI=1S/C24H21FN2OS/c25-20-14-12-19(13-15-20)17-27-23(28)21-10-4-5-11-22(21)26-24(27)29-16-6-9-18-7-2-1-3-8-18/h1-5,7-8,10-15H,6,9,16-17H2. The number of hydrogen-bond acceptors (Lipinski definition) is 3. The number of aryl methyl sites for hydroxylation is 1. The zero-order valence-electron chi connectivity index (χ0n) is 15.9. The van der Waals surface area contributed by atoms with Crippen LogP contribution in [0.5, 0.6) is 0 Å². The van der Waals surface area contributed by atoms with Crippen LogP contribution in [0.4, 0.5) is 4.39 Å². The average Bonchev–Trinajstić information content (AvgIpc) is 2.76. The van der Waals surface area contributed by atoms with Gasteiger partial charge in [-0.15, -0.1) is 0 Å². The lowest BCUT2D eigenvalue weighted by atomic mass is 10.1. The Balaban J connectivity index is 1.58. The predicted molar refractivity (Wildman–Crippen MR) is 117 cm³/mol. The van der Waals surface area contributed by atoms with Crippen LogP contribution in [0.15, 0.2) is 88.8 Å². The van der Waals surface area contributed by atoms with E-state index in [9.17, 15) is 9.18 Å². The summed E-state index contributed by atoms with van der Waals surface area (Å²) in [6, 6.07) is 24.0. The Bertz CT molecular complexity index is 1160. The zero-order chi connectivity index (χ0) is 20.1. The summed E-state index contributed by atoms with van der Waals surface area (Å²) in [5.74, 6) is 0.580. The third-order valence-electron chi connectivity index (χ3n) is 4.76. The van der Waals surface area contributed by atoms with Gasteiger partial charge in [0.25, 0.3) is 5.56 Å². The third-order valence-corrected chi connectivity index (χ3v) is 5.83. The molecule has 3 aromatic carbocycles. The molecule has 3 nitrogen and oxygen atoms in total. The molecule has 146 valence electrons. The molecule has 0 fully saturated rings. The highest BCUT2D eigenvalue weighted by atomic mass is 32.2. The van der Waals surface area contributed by atoms with Crippen LogP contribution in [0.1, 0.15) is 17.5 Å². The van der Waals surface area contributed by atoms with E-state index in [4.69, 9.17) is 4.98 Å². The predicted octanol–water partition coefficient (Wildman–Crippen LogP) is 5.31. The highest BCUT2D eigenvalue weighted by Crippen LogP contribution is 2.20. The Kier molecular flexibility index (Phi) is 6.06. The third kappa shape index (κ3) is 4.74. The molecule has 1 heterocycles. The Morgan fingerprint density at radius 1 is 0.862 bits per heavy atom. The first kappa shape index (κ1) is 19.4. The van der Waals surface area contributed by atoms with Crippen LogP contribution < -0.4 is 5.56 Å². The molecule has 0 aliphatic carbocycles. The molecule has 0 aliphatic rings. The second-order valence-corrected chi connectivity index (χ2v) is 7.93. The molecule has 1 aromatic heterocycles. The molecule has 0 spiro atoms. The fourth-order valence-electron chi connectivity index (χ4n) is 3.25. The summed E-state index contributed by atoms with van der Waals surface area (Å²) in [6.07, 6.45) is 1.98. The Morgan fingerprint density at radius 2 is 1.59 bits per heavy atom. The van der Waals surface area contributed by atoms with Gasteiger partial charge in [0.1, 0.15) is 5.82 Å². The fourth-order valence-corrected chi connectivity index (χ4v) is 4.19. The topological polar surface area (TPSA) is 34.9 Å². The first-order chi connectivity index (χ1) is 14.2. The number of aromatic nitrogens is 2. The minimum absolute atomic E-state index is 0.0644. The second kappa shape index (κ2) is 9.05. The number of para-hydroxylation sites is 1. The van der Waals surface area contributed by atoms with E-state index in [1.807, 2.05) is 36.4 Å². The van der Waals surface area contributed by atoms with E-state index >= 15 is 0 Å².